The van der Waals surface area contributed by atoms with Crippen molar-refractivity contribution in [1.82, 2.24) is 10.2 Å². The third-order valence-corrected chi connectivity index (χ3v) is 8.75. The Balaban J connectivity index is 2.08. The zero-order valence-corrected chi connectivity index (χ0v) is 25.1. The van der Waals surface area contributed by atoms with Crippen LogP contribution >= 0.6 is 34.8 Å². The fraction of sp³-hybridized carbons (Fsp3) is 0.286. The van der Waals surface area contributed by atoms with Gasteiger partial charge in [0.25, 0.3) is 10.0 Å². The fourth-order valence-corrected chi connectivity index (χ4v) is 5.94. The number of sulfonamides is 1. The van der Waals surface area contributed by atoms with Crippen LogP contribution in [0.15, 0.2) is 71.6 Å². The molecule has 208 valence electrons. The second-order valence-corrected chi connectivity index (χ2v) is 12.5. The van der Waals surface area contributed by atoms with Crippen LogP contribution in [0, 0.1) is 6.92 Å². The monoisotopic (exact) mass is 609 g/mol. The number of amides is 2. The van der Waals surface area contributed by atoms with Crippen LogP contribution in [0.4, 0.5) is 5.69 Å². The van der Waals surface area contributed by atoms with Gasteiger partial charge in [-0.25, -0.2) is 8.42 Å². The summed E-state index contributed by atoms with van der Waals surface area (Å²) >= 11 is 18.8. The van der Waals surface area contributed by atoms with Gasteiger partial charge in [-0.15, -0.1) is 0 Å². The lowest BCUT2D eigenvalue weighted by Crippen LogP contribution is -2.52. The highest BCUT2D eigenvalue weighted by atomic mass is 35.5. The van der Waals surface area contributed by atoms with Gasteiger partial charge < -0.3 is 10.2 Å². The Hall–Kier alpha value is -2.78. The van der Waals surface area contributed by atoms with Crippen LogP contribution in [0.5, 0.6) is 0 Å². The van der Waals surface area contributed by atoms with Gasteiger partial charge in [0.2, 0.25) is 11.8 Å². The summed E-state index contributed by atoms with van der Waals surface area (Å²) in [6.07, 6.45) is 0. The van der Waals surface area contributed by atoms with Crippen molar-refractivity contribution in [2.45, 2.75) is 51.2 Å². The van der Waals surface area contributed by atoms with Crippen molar-refractivity contribution in [2.24, 2.45) is 0 Å². The van der Waals surface area contributed by atoms with Crippen molar-refractivity contribution in [3.05, 3.63) is 92.9 Å². The maximum atomic E-state index is 13.9. The maximum Gasteiger partial charge on any atom is 0.264 e. The number of nitrogens with zero attached hydrogens (tertiary/aromatic N) is 2. The molecule has 3 aromatic rings. The average molecular weight is 611 g/mol. The quantitative estimate of drug-likeness (QED) is 0.301. The molecular formula is C28H30Cl3N3O4S. The van der Waals surface area contributed by atoms with Crippen LogP contribution in [-0.4, -0.2) is 43.8 Å². The molecule has 0 aliphatic rings. The first-order valence-electron chi connectivity index (χ1n) is 12.2. The second kappa shape index (κ2) is 13.0. The van der Waals surface area contributed by atoms with Gasteiger partial charge >= 0.3 is 0 Å². The van der Waals surface area contributed by atoms with E-state index in [9.17, 15) is 18.0 Å². The van der Waals surface area contributed by atoms with E-state index in [4.69, 9.17) is 34.8 Å². The van der Waals surface area contributed by atoms with Crippen molar-refractivity contribution in [2.75, 3.05) is 10.8 Å². The van der Waals surface area contributed by atoms with Gasteiger partial charge in [0.05, 0.1) is 20.6 Å². The van der Waals surface area contributed by atoms with E-state index in [0.717, 1.165) is 9.87 Å². The molecule has 1 atom stereocenters. The predicted molar refractivity (Wildman–Crippen MR) is 157 cm³/mol. The van der Waals surface area contributed by atoms with Crippen LogP contribution in [0.25, 0.3) is 0 Å². The minimum absolute atomic E-state index is 0.0188. The number of carbonyl (C=O) groups excluding carboxylic acids is 2. The lowest BCUT2D eigenvalue weighted by atomic mass is 10.1. The Kier molecular flexibility index (Phi) is 10.3. The Morgan fingerprint density at radius 2 is 1.56 bits per heavy atom. The maximum absolute atomic E-state index is 13.9. The minimum Gasteiger partial charge on any atom is -0.352 e. The molecule has 0 bridgehead atoms. The fourth-order valence-electron chi connectivity index (χ4n) is 3.86. The van der Waals surface area contributed by atoms with Crippen molar-refractivity contribution < 1.29 is 18.0 Å². The van der Waals surface area contributed by atoms with Crippen LogP contribution in [0.1, 0.15) is 31.9 Å². The first-order valence-corrected chi connectivity index (χ1v) is 14.8. The van der Waals surface area contributed by atoms with Crippen LogP contribution < -0.4 is 9.62 Å². The lowest BCUT2D eigenvalue weighted by Gasteiger charge is -2.32. The number of halogens is 3. The molecule has 39 heavy (non-hydrogen) atoms. The molecule has 1 N–H and O–H groups in total. The topological polar surface area (TPSA) is 86.8 Å². The molecule has 3 rings (SSSR count). The van der Waals surface area contributed by atoms with Crippen molar-refractivity contribution >= 4 is 62.3 Å². The summed E-state index contributed by atoms with van der Waals surface area (Å²) in [5, 5.41) is 3.39. The smallest absolute Gasteiger partial charge is 0.264 e. The van der Waals surface area contributed by atoms with E-state index in [2.05, 4.69) is 5.32 Å². The highest BCUT2D eigenvalue weighted by Crippen LogP contribution is 2.35. The van der Waals surface area contributed by atoms with E-state index >= 15 is 0 Å². The number of hydrogen-bond acceptors (Lipinski definition) is 4. The molecule has 0 fully saturated rings. The third kappa shape index (κ3) is 7.66. The van der Waals surface area contributed by atoms with Gasteiger partial charge in [-0.1, -0.05) is 70.7 Å². The number of carbonyl (C=O) groups is 2. The van der Waals surface area contributed by atoms with E-state index in [-0.39, 0.29) is 39.1 Å². The Morgan fingerprint density at radius 1 is 0.923 bits per heavy atom. The molecule has 2 amide bonds. The van der Waals surface area contributed by atoms with Gasteiger partial charge in [-0.05, 0) is 69.7 Å². The summed E-state index contributed by atoms with van der Waals surface area (Å²) in [5.41, 5.74) is 1.59. The molecule has 0 aliphatic heterocycles. The molecule has 0 radical (unpaired) electrons. The predicted octanol–water partition coefficient (Wildman–Crippen LogP) is 6.09. The molecule has 11 heteroatoms. The molecule has 7 nitrogen and oxygen atoms in total. The zero-order chi connectivity index (χ0) is 28.9. The van der Waals surface area contributed by atoms with E-state index < -0.39 is 28.5 Å². The Labute approximate surface area is 244 Å². The molecule has 0 saturated carbocycles. The number of anilines is 1. The SMILES string of the molecule is Cc1ccc(S(=O)(=O)N(CC(=O)N(Cc2cccc(Cl)c2)[C@H](C)C(=O)NC(C)C)c2cccc(Cl)c2Cl)cc1. The second-order valence-electron chi connectivity index (χ2n) is 9.39. The van der Waals surface area contributed by atoms with Crippen LogP contribution in [0.3, 0.4) is 0 Å². The van der Waals surface area contributed by atoms with Crippen molar-refractivity contribution in [3.63, 3.8) is 0 Å². The normalized spacial score (nSPS) is 12.2. The van der Waals surface area contributed by atoms with Crippen LogP contribution in [0.2, 0.25) is 15.1 Å². The standard InChI is InChI=1S/C28H30Cl3N3O4S/c1-18(2)32-28(36)20(4)33(16-21-7-5-8-22(29)15-21)26(35)17-34(25-10-6-9-24(30)27(25)31)39(37,38)23-13-11-19(3)12-14-23/h5-15,18,20H,16-17H2,1-4H3,(H,32,36)/t20-/m1/s1. The zero-order valence-electron chi connectivity index (χ0n) is 22.0. The van der Waals surface area contributed by atoms with E-state index in [0.29, 0.717) is 10.6 Å². The van der Waals surface area contributed by atoms with Crippen molar-refractivity contribution in [1.29, 1.82) is 0 Å². The van der Waals surface area contributed by atoms with Crippen molar-refractivity contribution in [3.8, 4) is 0 Å². The van der Waals surface area contributed by atoms with Gasteiger partial charge in [-0.3, -0.25) is 13.9 Å². The summed E-state index contributed by atoms with van der Waals surface area (Å²) < 4.78 is 28.7. The molecule has 0 spiro atoms. The number of nitrogens with one attached hydrogen (secondary N) is 1. The number of aryl methyl sites for hydroxylation is 1. The molecule has 0 saturated heterocycles. The van der Waals surface area contributed by atoms with E-state index in [1.54, 1.807) is 49.4 Å². The van der Waals surface area contributed by atoms with Gasteiger partial charge in [0, 0.05) is 17.6 Å². The Morgan fingerprint density at radius 3 is 2.18 bits per heavy atom. The highest BCUT2D eigenvalue weighted by molar-refractivity contribution is 7.92. The van der Waals surface area contributed by atoms with Gasteiger partial charge in [-0.2, -0.15) is 0 Å². The lowest BCUT2D eigenvalue weighted by molar-refractivity contribution is -0.139. The summed E-state index contributed by atoms with van der Waals surface area (Å²) in [6.45, 7) is 6.44. The first-order chi connectivity index (χ1) is 18.3. The number of rotatable bonds is 10. The third-order valence-electron chi connectivity index (χ3n) is 5.93. The Bertz CT molecular complexity index is 1450. The first kappa shape index (κ1) is 30.8. The highest BCUT2D eigenvalue weighted by Gasteiger charge is 2.33. The van der Waals surface area contributed by atoms with E-state index in [1.807, 2.05) is 20.8 Å². The summed E-state index contributed by atoms with van der Waals surface area (Å²) in [6, 6.07) is 16.6. The number of benzene rings is 3. The van der Waals surface area contributed by atoms with E-state index in [1.165, 1.54) is 29.2 Å². The molecule has 0 aromatic heterocycles. The molecule has 3 aromatic carbocycles. The van der Waals surface area contributed by atoms with Gasteiger partial charge in [0.1, 0.15) is 12.6 Å². The molecular weight excluding hydrogens is 581 g/mol. The summed E-state index contributed by atoms with van der Waals surface area (Å²) in [5.74, 6) is -0.998. The van der Waals surface area contributed by atoms with Gasteiger partial charge in [0.15, 0.2) is 0 Å². The average Bonchev–Trinajstić information content (AvgIpc) is 2.87. The largest absolute Gasteiger partial charge is 0.352 e. The molecule has 0 heterocycles. The summed E-state index contributed by atoms with van der Waals surface area (Å²) in [7, 11) is -4.26. The molecule has 0 aliphatic carbocycles. The van der Waals surface area contributed by atoms with Crippen LogP contribution in [-0.2, 0) is 26.2 Å². The minimum atomic E-state index is -4.26. The molecule has 0 unspecified atom stereocenters. The number of hydrogen-bond donors (Lipinski definition) is 1. The summed E-state index contributed by atoms with van der Waals surface area (Å²) in [4.78, 5) is 28.2.